The number of nitrogens with zero attached hydrogens (tertiary/aromatic N) is 2. The third-order valence-electron chi connectivity index (χ3n) is 4.65. The van der Waals surface area contributed by atoms with Crippen LogP contribution in [-0.4, -0.2) is 57.0 Å². The predicted octanol–water partition coefficient (Wildman–Crippen LogP) is 2.69. The predicted molar refractivity (Wildman–Crippen MR) is 112 cm³/mol. The minimum absolute atomic E-state index is 0.115. The van der Waals surface area contributed by atoms with E-state index < -0.39 is 0 Å². The number of pyridine rings is 1. The van der Waals surface area contributed by atoms with Crippen molar-refractivity contribution in [2.75, 3.05) is 51.0 Å². The van der Waals surface area contributed by atoms with Gasteiger partial charge < -0.3 is 24.4 Å². The van der Waals surface area contributed by atoms with Crippen LogP contribution in [0.25, 0.3) is 0 Å². The van der Waals surface area contributed by atoms with Gasteiger partial charge in [0.05, 0.1) is 32.0 Å². The van der Waals surface area contributed by atoms with E-state index in [0.29, 0.717) is 50.8 Å². The third-order valence-corrected chi connectivity index (χ3v) is 4.65. The zero-order valence-electron chi connectivity index (χ0n) is 17.1. The van der Waals surface area contributed by atoms with Crippen LogP contribution in [-0.2, 0) is 11.2 Å². The molecule has 0 saturated carbocycles. The minimum Gasteiger partial charge on any atom is -0.490 e. The second kappa shape index (κ2) is 10.7. The number of morpholine rings is 1. The van der Waals surface area contributed by atoms with Crippen LogP contribution in [0.15, 0.2) is 36.5 Å². The molecule has 1 aromatic heterocycles. The number of rotatable bonds is 9. The second-order valence-corrected chi connectivity index (χ2v) is 6.63. The summed E-state index contributed by atoms with van der Waals surface area (Å²) in [4.78, 5) is 19.3. The molecule has 0 atom stereocenters. The third kappa shape index (κ3) is 5.60. The lowest BCUT2D eigenvalue weighted by Crippen LogP contribution is -2.38. The van der Waals surface area contributed by atoms with Gasteiger partial charge in [0.25, 0.3) is 5.91 Å². The molecular weight excluding hydrogens is 370 g/mol. The summed E-state index contributed by atoms with van der Waals surface area (Å²) in [5.41, 5.74) is 1.67. The molecule has 1 N–H and O–H groups in total. The van der Waals surface area contributed by atoms with Crippen LogP contribution in [0.1, 0.15) is 29.8 Å². The molecule has 1 amide bonds. The molecule has 1 aliphatic heterocycles. The van der Waals surface area contributed by atoms with Gasteiger partial charge in [-0.3, -0.25) is 4.79 Å². The average molecular weight is 399 g/mol. The first-order valence-electron chi connectivity index (χ1n) is 10.2. The Labute approximate surface area is 172 Å². The summed E-state index contributed by atoms with van der Waals surface area (Å²) in [6.45, 7) is 8.36. The Bertz CT molecular complexity index is 806. The smallest absolute Gasteiger partial charge is 0.255 e. The number of amides is 1. The van der Waals surface area contributed by atoms with Crippen LogP contribution < -0.4 is 19.7 Å². The van der Waals surface area contributed by atoms with Gasteiger partial charge in [0.1, 0.15) is 5.82 Å². The Morgan fingerprint density at radius 1 is 1.14 bits per heavy atom. The summed E-state index contributed by atoms with van der Waals surface area (Å²) < 4.78 is 16.7. The van der Waals surface area contributed by atoms with Crippen LogP contribution >= 0.6 is 0 Å². The Balaban J connectivity index is 1.61. The molecule has 0 bridgehead atoms. The van der Waals surface area contributed by atoms with Gasteiger partial charge >= 0.3 is 0 Å². The fourth-order valence-electron chi connectivity index (χ4n) is 3.27. The second-order valence-electron chi connectivity index (χ2n) is 6.63. The number of carbonyl (C=O) groups excluding carboxylic acids is 1. The first-order valence-corrected chi connectivity index (χ1v) is 10.2. The van der Waals surface area contributed by atoms with E-state index in [1.165, 1.54) is 0 Å². The minimum atomic E-state index is -0.115. The van der Waals surface area contributed by atoms with E-state index in [1.807, 2.05) is 38.1 Å². The zero-order chi connectivity index (χ0) is 20.5. The highest BCUT2D eigenvalue weighted by Crippen LogP contribution is 2.28. The molecule has 1 aromatic carbocycles. The molecule has 156 valence electrons. The van der Waals surface area contributed by atoms with Crippen molar-refractivity contribution in [2.24, 2.45) is 0 Å². The lowest BCUT2D eigenvalue weighted by molar-refractivity contribution is 0.0952. The summed E-state index contributed by atoms with van der Waals surface area (Å²) in [7, 11) is 0. The lowest BCUT2D eigenvalue weighted by Gasteiger charge is -2.29. The van der Waals surface area contributed by atoms with Crippen molar-refractivity contribution in [3.05, 3.63) is 47.7 Å². The Hall–Kier alpha value is -2.80. The van der Waals surface area contributed by atoms with Gasteiger partial charge in [-0.1, -0.05) is 6.07 Å². The maximum atomic E-state index is 12.8. The molecule has 1 saturated heterocycles. The maximum absolute atomic E-state index is 12.8. The monoisotopic (exact) mass is 399 g/mol. The molecule has 7 nitrogen and oxygen atoms in total. The number of ether oxygens (including phenoxy) is 3. The summed E-state index contributed by atoms with van der Waals surface area (Å²) in [5.74, 6) is 2.08. The highest BCUT2D eigenvalue weighted by molar-refractivity contribution is 5.98. The van der Waals surface area contributed by atoms with E-state index in [-0.39, 0.29) is 5.91 Å². The molecule has 0 spiro atoms. The van der Waals surface area contributed by atoms with E-state index >= 15 is 0 Å². The molecule has 2 aromatic rings. The highest BCUT2D eigenvalue weighted by atomic mass is 16.5. The molecule has 1 fully saturated rings. The van der Waals surface area contributed by atoms with E-state index in [9.17, 15) is 4.79 Å². The van der Waals surface area contributed by atoms with Gasteiger partial charge in [-0.15, -0.1) is 0 Å². The quantitative estimate of drug-likeness (QED) is 0.699. The number of nitrogens with one attached hydrogen (secondary N) is 1. The number of hydrogen-bond donors (Lipinski definition) is 1. The van der Waals surface area contributed by atoms with Crippen LogP contribution in [0, 0.1) is 0 Å². The van der Waals surface area contributed by atoms with Crippen LogP contribution in [0.3, 0.4) is 0 Å². The van der Waals surface area contributed by atoms with Gasteiger partial charge in [-0.05, 0) is 50.1 Å². The normalized spacial score (nSPS) is 13.8. The van der Waals surface area contributed by atoms with Crippen molar-refractivity contribution >= 4 is 11.7 Å². The Morgan fingerprint density at radius 3 is 2.66 bits per heavy atom. The molecule has 29 heavy (non-hydrogen) atoms. The fraction of sp³-hybridized carbons (Fsp3) is 0.455. The Kier molecular flexibility index (Phi) is 7.69. The van der Waals surface area contributed by atoms with E-state index in [1.54, 1.807) is 12.3 Å². The summed E-state index contributed by atoms with van der Waals surface area (Å²) >= 11 is 0. The van der Waals surface area contributed by atoms with Gasteiger partial charge in [-0.25, -0.2) is 4.98 Å². The van der Waals surface area contributed by atoms with Crippen LogP contribution in [0.5, 0.6) is 11.5 Å². The van der Waals surface area contributed by atoms with Gasteiger partial charge in [-0.2, -0.15) is 0 Å². The molecule has 3 rings (SSSR count). The average Bonchev–Trinajstić information content (AvgIpc) is 2.76. The molecule has 0 radical (unpaired) electrons. The summed E-state index contributed by atoms with van der Waals surface area (Å²) in [6, 6.07) is 9.51. The first kappa shape index (κ1) is 20.9. The molecule has 7 heteroatoms. The first-order chi connectivity index (χ1) is 14.2. The van der Waals surface area contributed by atoms with Gasteiger partial charge in [0.15, 0.2) is 11.5 Å². The Morgan fingerprint density at radius 2 is 1.90 bits per heavy atom. The molecular formula is C22H29N3O4. The number of hydrogen-bond acceptors (Lipinski definition) is 6. The zero-order valence-corrected chi connectivity index (χ0v) is 17.1. The summed E-state index contributed by atoms with van der Waals surface area (Å²) in [6.07, 6.45) is 2.42. The number of aromatic nitrogens is 1. The van der Waals surface area contributed by atoms with Crippen molar-refractivity contribution in [1.29, 1.82) is 0 Å². The topological polar surface area (TPSA) is 72.9 Å². The number of benzene rings is 1. The van der Waals surface area contributed by atoms with Gasteiger partial charge in [0.2, 0.25) is 0 Å². The maximum Gasteiger partial charge on any atom is 0.255 e. The van der Waals surface area contributed by atoms with E-state index in [2.05, 4.69) is 15.2 Å². The molecule has 0 aliphatic carbocycles. The molecule has 0 unspecified atom stereocenters. The molecule has 2 heterocycles. The van der Waals surface area contributed by atoms with Crippen molar-refractivity contribution in [3.8, 4) is 11.5 Å². The largest absolute Gasteiger partial charge is 0.490 e. The van der Waals surface area contributed by atoms with Crippen molar-refractivity contribution < 1.29 is 19.0 Å². The van der Waals surface area contributed by atoms with E-state index in [0.717, 1.165) is 30.2 Å². The van der Waals surface area contributed by atoms with Crippen LogP contribution in [0.4, 0.5) is 5.82 Å². The van der Waals surface area contributed by atoms with Crippen molar-refractivity contribution in [3.63, 3.8) is 0 Å². The number of carbonyl (C=O) groups is 1. The lowest BCUT2D eigenvalue weighted by atomic mass is 10.1. The van der Waals surface area contributed by atoms with Crippen LogP contribution in [0.2, 0.25) is 0 Å². The molecule has 1 aliphatic rings. The highest BCUT2D eigenvalue weighted by Gasteiger charge is 2.19. The fourth-order valence-corrected chi connectivity index (χ4v) is 3.27. The van der Waals surface area contributed by atoms with Crippen molar-refractivity contribution in [1.82, 2.24) is 10.3 Å². The van der Waals surface area contributed by atoms with Crippen molar-refractivity contribution in [2.45, 2.75) is 20.3 Å². The van der Waals surface area contributed by atoms with E-state index in [4.69, 9.17) is 14.2 Å². The SMILES string of the molecule is CCOc1ccc(CCNC(=O)c2cccnc2N2CCOCC2)cc1OCC. The number of anilines is 1. The standard InChI is InChI=1S/C22H29N3O4/c1-3-28-19-8-7-17(16-20(19)29-4-2)9-11-24-22(26)18-6-5-10-23-21(18)25-12-14-27-15-13-25/h5-8,10,16H,3-4,9,11-15H2,1-2H3,(H,24,26). The van der Waals surface area contributed by atoms with Gasteiger partial charge in [0, 0.05) is 25.8 Å². The summed E-state index contributed by atoms with van der Waals surface area (Å²) in [5, 5.41) is 3.01.